The molecule has 1 rings (SSSR count). The summed E-state index contributed by atoms with van der Waals surface area (Å²) in [5.41, 5.74) is 0. The van der Waals surface area contributed by atoms with Gasteiger partial charge in [0.05, 0.1) is 26.2 Å². The zero-order valence-electron chi connectivity index (χ0n) is 26.8. The number of rotatable bonds is 19. The Labute approximate surface area is 265 Å². The van der Waals surface area contributed by atoms with Crippen LogP contribution in [0.25, 0.3) is 0 Å². The maximum absolute atomic E-state index is 12.8. The molecule has 1 saturated heterocycles. The van der Waals surface area contributed by atoms with Crippen molar-refractivity contribution < 1.29 is 44.1 Å². The molecule has 1 atom stereocenters. The van der Waals surface area contributed by atoms with Crippen molar-refractivity contribution in [2.45, 2.75) is 58.4 Å². The number of hydrogen-bond acceptors (Lipinski definition) is 10. The average molecular weight is 644 g/mol. The number of hydrogen-bond donors (Lipinski definition) is 6. The van der Waals surface area contributed by atoms with Crippen LogP contribution in [0.5, 0.6) is 0 Å². The zero-order chi connectivity index (χ0) is 33.6. The van der Waals surface area contributed by atoms with E-state index in [4.69, 9.17) is 0 Å². The first-order valence-corrected chi connectivity index (χ1v) is 15.8. The predicted molar refractivity (Wildman–Crippen MR) is 166 cm³/mol. The standard InChI is InChI=1S/C29H53N7O9/c1-3-5-9-24(37)32-23(29(45)30-4-2)8-6-7-10-31-25(38)19-33-11-13-34(20-26(39)40)15-17-36(22-28(43)44)18-16-35(14-12-33)21-27(41)42/h23H,3-22H2,1-2H3,(H,30,45)(H,31,38)(H,32,37)(H,39,40)(H,41,42)(H,43,44)/t23-/m0/s1. The van der Waals surface area contributed by atoms with Crippen molar-refractivity contribution in [1.82, 2.24) is 35.6 Å². The number of aliphatic carboxylic acids is 3. The average Bonchev–Trinajstić information content (AvgIpc) is 2.95. The molecule has 0 saturated carbocycles. The fourth-order valence-electron chi connectivity index (χ4n) is 4.92. The highest BCUT2D eigenvalue weighted by molar-refractivity contribution is 5.87. The normalized spacial score (nSPS) is 16.9. The van der Waals surface area contributed by atoms with Crippen LogP contribution in [0.4, 0.5) is 0 Å². The number of carboxylic acid groups (broad SMARTS) is 3. The van der Waals surface area contributed by atoms with E-state index >= 15 is 0 Å². The minimum Gasteiger partial charge on any atom is -0.480 e. The zero-order valence-corrected chi connectivity index (χ0v) is 26.8. The van der Waals surface area contributed by atoms with E-state index in [-0.39, 0.29) is 43.9 Å². The van der Waals surface area contributed by atoms with E-state index in [9.17, 15) is 44.1 Å². The second-order valence-electron chi connectivity index (χ2n) is 11.2. The molecule has 1 heterocycles. The molecule has 1 aliphatic rings. The monoisotopic (exact) mass is 643 g/mol. The summed E-state index contributed by atoms with van der Waals surface area (Å²) < 4.78 is 0. The molecule has 0 aromatic rings. The smallest absolute Gasteiger partial charge is 0.317 e. The van der Waals surface area contributed by atoms with Gasteiger partial charge in [-0.2, -0.15) is 0 Å². The molecule has 1 fully saturated rings. The molecule has 0 unspecified atom stereocenters. The quantitative estimate of drug-likeness (QED) is 0.0892. The third-order valence-corrected chi connectivity index (χ3v) is 7.38. The minimum absolute atomic E-state index is 0.0297. The Kier molecular flexibility index (Phi) is 20.3. The summed E-state index contributed by atoms with van der Waals surface area (Å²) in [6, 6.07) is -0.633. The highest BCUT2D eigenvalue weighted by atomic mass is 16.4. The molecule has 258 valence electrons. The topological polar surface area (TPSA) is 212 Å². The van der Waals surface area contributed by atoms with Gasteiger partial charge in [0.1, 0.15) is 6.04 Å². The first-order valence-electron chi connectivity index (χ1n) is 15.8. The summed E-state index contributed by atoms with van der Waals surface area (Å²) in [5.74, 6) is -3.68. The van der Waals surface area contributed by atoms with Gasteiger partial charge in [-0.05, 0) is 32.6 Å². The van der Waals surface area contributed by atoms with Gasteiger partial charge in [-0.25, -0.2) is 0 Å². The first-order chi connectivity index (χ1) is 21.4. The second kappa shape index (κ2) is 23.1. The lowest BCUT2D eigenvalue weighted by Crippen LogP contribution is -2.49. The van der Waals surface area contributed by atoms with Crippen molar-refractivity contribution in [2.75, 3.05) is 91.6 Å². The van der Waals surface area contributed by atoms with Crippen molar-refractivity contribution in [3.8, 4) is 0 Å². The van der Waals surface area contributed by atoms with Gasteiger partial charge >= 0.3 is 17.9 Å². The van der Waals surface area contributed by atoms with Crippen molar-refractivity contribution >= 4 is 35.6 Å². The fourth-order valence-corrected chi connectivity index (χ4v) is 4.92. The third-order valence-electron chi connectivity index (χ3n) is 7.38. The van der Waals surface area contributed by atoms with Gasteiger partial charge in [0.2, 0.25) is 17.7 Å². The van der Waals surface area contributed by atoms with Crippen LogP contribution in [0.3, 0.4) is 0 Å². The van der Waals surface area contributed by atoms with Gasteiger partial charge in [0, 0.05) is 71.9 Å². The summed E-state index contributed by atoms with van der Waals surface area (Å²) in [4.78, 5) is 78.6. The molecule has 0 aromatic heterocycles. The van der Waals surface area contributed by atoms with Gasteiger partial charge < -0.3 is 31.3 Å². The number of amides is 3. The van der Waals surface area contributed by atoms with E-state index in [0.717, 1.165) is 12.8 Å². The largest absolute Gasteiger partial charge is 0.480 e. The molecule has 0 aromatic carbocycles. The van der Waals surface area contributed by atoms with Crippen LogP contribution in [0.2, 0.25) is 0 Å². The van der Waals surface area contributed by atoms with E-state index in [1.807, 2.05) is 18.7 Å². The Balaban J connectivity index is 2.74. The van der Waals surface area contributed by atoms with E-state index in [2.05, 4.69) is 16.0 Å². The van der Waals surface area contributed by atoms with Gasteiger partial charge in [-0.15, -0.1) is 0 Å². The molecule has 0 radical (unpaired) electrons. The maximum Gasteiger partial charge on any atom is 0.317 e. The van der Waals surface area contributed by atoms with Crippen LogP contribution >= 0.6 is 0 Å². The maximum atomic E-state index is 12.8. The molecule has 0 bridgehead atoms. The van der Waals surface area contributed by atoms with Gasteiger partial charge in [0.25, 0.3) is 0 Å². The van der Waals surface area contributed by atoms with Crippen LogP contribution < -0.4 is 16.0 Å². The molecule has 16 heteroatoms. The first kappa shape index (κ1) is 39.7. The van der Waals surface area contributed by atoms with Crippen molar-refractivity contribution in [3.63, 3.8) is 0 Å². The SMILES string of the molecule is CCCCC(=O)N[C@@H](CCCCNC(=O)CN1CCN(CC(=O)O)CCN(CC(=O)O)CCN(CC(=O)O)CC1)C(=O)NCC. The van der Waals surface area contributed by atoms with Crippen LogP contribution in [-0.2, 0) is 28.8 Å². The summed E-state index contributed by atoms with van der Waals surface area (Å²) in [7, 11) is 0. The Morgan fingerprint density at radius 2 is 1.04 bits per heavy atom. The summed E-state index contributed by atoms with van der Waals surface area (Å²) in [6.07, 6.45) is 3.63. The third kappa shape index (κ3) is 19.6. The van der Waals surface area contributed by atoms with E-state index < -0.39 is 23.9 Å². The number of nitrogens with one attached hydrogen (secondary N) is 3. The Bertz CT molecular complexity index is 921. The molecule has 6 N–H and O–H groups in total. The van der Waals surface area contributed by atoms with Gasteiger partial charge in [-0.1, -0.05) is 13.3 Å². The van der Waals surface area contributed by atoms with Crippen LogP contribution in [0.1, 0.15) is 52.4 Å². The van der Waals surface area contributed by atoms with Crippen LogP contribution in [-0.4, -0.2) is 168 Å². The van der Waals surface area contributed by atoms with E-state index in [1.54, 1.807) is 14.7 Å². The van der Waals surface area contributed by atoms with Crippen LogP contribution in [0.15, 0.2) is 0 Å². The number of carboxylic acids is 3. The number of carbonyl (C=O) groups excluding carboxylic acids is 3. The van der Waals surface area contributed by atoms with Gasteiger partial charge in [-0.3, -0.25) is 48.4 Å². The lowest BCUT2D eigenvalue weighted by Gasteiger charge is -2.32. The lowest BCUT2D eigenvalue weighted by atomic mass is 10.1. The summed E-state index contributed by atoms with van der Waals surface area (Å²) >= 11 is 0. The minimum atomic E-state index is -1.02. The van der Waals surface area contributed by atoms with Crippen molar-refractivity contribution in [3.05, 3.63) is 0 Å². The van der Waals surface area contributed by atoms with E-state index in [1.165, 1.54) is 0 Å². The predicted octanol–water partition coefficient (Wildman–Crippen LogP) is -1.44. The molecule has 0 spiro atoms. The Morgan fingerprint density at radius 3 is 1.44 bits per heavy atom. The molecule has 3 amide bonds. The highest BCUT2D eigenvalue weighted by Crippen LogP contribution is 2.04. The number of unbranched alkanes of at least 4 members (excludes halogenated alkanes) is 2. The van der Waals surface area contributed by atoms with Crippen molar-refractivity contribution in [1.29, 1.82) is 0 Å². The highest BCUT2D eigenvalue weighted by Gasteiger charge is 2.22. The lowest BCUT2D eigenvalue weighted by molar-refractivity contribution is -0.140. The summed E-state index contributed by atoms with van der Waals surface area (Å²) in [5, 5.41) is 36.5. The van der Waals surface area contributed by atoms with Crippen LogP contribution in [0, 0.1) is 0 Å². The van der Waals surface area contributed by atoms with Gasteiger partial charge in [0.15, 0.2) is 0 Å². The van der Waals surface area contributed by atoms with E-state index in [0.29, 0.717) is 91.1 Å². The fraction of sp³-hybridized carbons (Fsp3) is 0.793. The summed E-state index contributed by atoms with van der Waals surface area (Å²) in [6.45, 7) is 6.49. The second-order valence-corrected chi connectivity index (χ2v) is 11.2. The van der Waals surface area contributed by atoms with Crippen molar-refractivity contribution in [2.24, 2.45) is 0 Å². The number of nitrogens with zero attached hydrogens (tertiary/aromatic N) is 4. The molecular formula is C29H53N7O9. The number of likely N-dealkylation sites (N-methyl/N-ethyl adjacent to an activating group) is 1. The molecule has 45 heavy (non-hydrogen) atoms. The molecule has 0 aliphatic carbocycles. The number of carbonyl (C=O) groups is 6. The molecule has 16 nitrogen and oxygen atoms in total. The Hall–Kier alpha value is -3.34. The molecule has 1 aliphatic heterocycles. The Morgan fingerprint density at radius 1 is 0.600 bits per heavy atom. The molecular weight excluding hydrogens is 590 g/mol.